The van der Waals surface area contributed by atoms with E-state index in [9.17, 15) is 4.79 Å². The topological polar surface area (TPSA) is 47.6 Å². The summed E-state index contributed by atoms with van der Waals surface area (Å²) in [6, 6.07) is 0.372. The van der Waals surface area contributed by atoms with Crippen LogP contribution >= 0.6 is 0 Å². The summed E-state index contributed by atoms with van der Waals surface area (Å²) in [5.74, 6) is -0.00185. The van der Waals surface area contributed by atoms with Crippen LogP contribution in [0, 0.1) is 0 Å². The lowest BCUT2D eigenvalue weighted by Crippen LogP contribution is -2.38. The standard InChI is InChI=1S/C11H21NO3/c1-14-7-8-15-9-11(13)12-10-5-3-2-4-6-10/h10H,2-9H2,1H3,(H,12,13). The van der Waals surface area contributed by atoms with Gasteiger partial charge in [-0.2, -0.15) is 0 Å². The number of ether oxygens (including phenoxy) is 2. The molecule has 1 rings (SSSR count). The number of carbonyl (C=O) groups excluding carboxylic acids is 1. The molecule has 0 radical (unpaired) electrons. The maximum Gasteiger partial charge on any atom is 0.246 e. The van der Waals surface area contributed by atoms with Crippen LogP contribution in [0.15, 0.2) is 0 Å². The van der Waals surface area contributed by atoms with Crippen LogP contribution in [0.3, 0.4) is 0 Å². The van der Waals surface area contributed by atoms with E-state index >= 15 is 0 Å². The molecule has 0 aromatic rings. The first-order valence-corrected chi connectivity index (χ1v) is 5.69. The van der Waals surface area contributed by atoms with Crippen molar-refractivity contribution in [3.05, 3.63) is 0 Å². The van der Waals surface area contributed by atoms with Crippen LogP contribution in [0.1, 0.15) is 32.1 Å². The van der Waals surface area contributed by atoms with Crippen LogP contribution in [0.5, 0.6) is 0 Å². The first kappa shape index (κ1) is 12.5. The van der Waals surface area contributed by atoms with Crippen molar-refractivity contribution in [1.82, 2.24) is 5.32 Å². The third kappa shape index (κ3) is 5.74. The van der Waals surface area contributed by atoms with Gasteiger partial charge in [0.2, 0.25) is 5.91 Å². The van der Waals surface area contributed by atoms with E-state index in [-0.39, 0.29) is 12.5 Å². The van der Waals surface area contributed by atoms with Crippen LogP contribution in [-0.2, 0) is 14.3 Å². The Bertz CT molecular complexity index is 179. The SMILES string of the molecule is COCCOCC(=O)NC1CCCCC1. The molecule has 0 atom stereocenters. The lowest BCUT2D eigenvalue weighted by atomic mass is 9.95. The molecule has 1 fully saturated rings. The van der Waals surface area contributed by atoms with Crippen molar-refractivity contribution in [2.24, 2.45) is 0 Å². The van der Waals surface area contributed by atoms with Crippen LogP contribution in [0.25, 0.3) is 0 Å². The summed E-state index contributed by atoms with van der Waals surface area (Å²) in [5.41, 5.74) is 0. The van der Waals surface area contributed by atoms with Crippen LogP contribution in [-0.4, -0.2) is 38.9 Å². The zero-order valence-electron chi connectivity index (χ0n) is 9.46. The molecule has 88 valence electrons. The van der Waals surface area contributed by atoms with E-state index in [1.54, 1.807) is 7.11 Å². The van der Waals surface area contributed by atoms with Crippen LogP contribution in [0.4, 0.5) is 0 Å². The number of rotatable bonds is 6. The van der Waals surface area contributed by atoms with Gasteiger partial charge in [0.25, 0.3) is 0 Å². The highest BCUT2D eigenvalue weighted by atomic mass is 16.5. The Labute approximate surface area is 91.3 Å². The molecule has 4 heteroatoms. The molecular weight excluding hydrogens is 194 g/mol. The molecule has 0 saturated heterocycles. The molecule has 0 aromatic carbocycles. The smallest absolute Gasteiger partial charge is 0.246 e. The molecule has 1 saturated carbocycles. The Morgan fingerprint density at radius 1 is 1.27 bits per heavy atom. The van der Waals surface area contributed by atoms with Gasteiger partial charge in [-0.3, -0.25) is 4.79 Å². The van der Waals surface area contributed by atoms with Crippen LogP contribution < -0.4 is 5.32 Å². The summed E-state index contributed by atoms with van der Waals surface area (Å²) in [7, 11) is 1.62. The fraction of sp³-hybridized carbons (Fsp3) is 0.909. The van der Waals surface area contributed by atoms with Crippen molar-refractivity contribution in [3.63, 3.8) is 0 Å². The normalized spacial score (nSPS) is 17.7. The fourth-order valence-electron chi connectivity index (χ4n) is 1.82. The van der Waals surface area contributed by atoms with Crippen molar-refractivity contribution >= 4 is 5.91 Å². The summed E-state index contributed by atoms with van der Waals surface area (Å²) in [4.78, 5) is 11.4. The number of hydrogen-bond acceptors (Lipinski definition) is 3. The van der Waals surface area contributed by atoms with Gasteiger partial charge in [0.05, 0.1) is 13.2 Å². The van der Waals surface area contributed by atoms with Gasteiger partial charge in [-0.05, 0) is 12.8 Å². The van der Waals surface area contributed by atoms with Gasteiger partial charge in [-0.1, -0.05) is 19.3 Å². The Morgan fingerprint density at radius 3 is 2.67 bits per heavy atom. The molecule has 0 spiro atoms. The summed E-state index contributed by atoms with van der Waals surface area (Å²) in [5, 5.41) is 2.99. The van der Waals surface area contributed by atoms with Crippen molar-refractivity contribution in [2.45, 2.75) is 38.1 Å². The second-order valence-corrected chi connectivity index (χ2v) is 3.95. The van der Waals surface area contributed by atoms with E-state index in [0.717, 1.165) is 12.8 Å². The lowest BCUT2D eigenvalue weighted by molar-refractivity contribution is -0.127. The summed E-state index contributed by atoms with van der Waals surface area (Å²) in [6.45, 7) is 1.17. The van der Waals surface area contributed by atoms with Gasteiger partial charge in [0, 0.05) is 13.2 Å². The number of nitrogens with one attached hydrogen (secondary N) is 1. The number of carbonyl (C=O) groups is 1. The maximum absolute atomic E-state index is 11.4. The van der Waals surface area contributed by atoms with E-state index in [1.807, 2.05) is 0 Å². The van der Waals surface area contributed by atoms with Gasteiger partial charge in [0.15, 0.2) is 0 Å². The molecule has 0 aromatic heterocycles. The van der Waals surface area contributed by atoms with E-state index < -0.39 is 0 Å². The lowest BCUT2D eigenvalue weighted by Gasteiger charge is -2.22. The van der Waals surface area contributed by atoms with Crippen molar-refractivity contribution in [2.75, 3.05) is 26.9 Å². The predicted molar refractivity (Wildman–Crippen MR) is 57.7 cm³/mol. The van der Waals surface area contributed by atoms with E-state index in [4.69, 9.17) is 9.47 Å². The van der Waals surface area contributed by atoms with Gasteiger partial charge in [-0.15, -0.1) is 0 Å². The Balaban J connectivity index is 2.01. The molecule has 4 nitrogen and oxygen atoms in total. The third-order valence-electron chi connectivity index (χ3n) is 2.64. The predicted octanol–water partition coefficient (Wildman–Crippen LogP) is 1.10. The zero-order valence-corrected chi connectivity index (χ0v) is 9.46. The minimum absolute atomic E-state index is 0.00185. The fourth-order valence-corrected chi connectivity index (χ4v) is 1.82. The zero-order chi connectivity index (χ0) is 10.9. The molecule has 1 N–H and O–H groups in total. The molecule has 0 unspecified atom stereocenters. The van der Waals surface area contributed by atoms with E-state index in [1.165, 1.54) is 19.3 Å². The average Bonchev–Trinajstić information content (AvgIpc) is 2.26. The molecule has 0 heterocycles. The highest BCUT2D eigenvalue weighted by molar-refractivity contribution is 5.77. The number of amides is 1. The molecule has 15 heavy (non-hydrogen) atoms. The van der Waals surface area contributed by atoms with E-state index in [2.05, 4.69) is 5.32 Å². The molecular formula is C11H21NO3. The number of hydrogen-bond donors (Lipinski definition) is 1. The summed E-state index contributed by atoms with van der Waals surface area (Å²) >= 11 is 0. The Kier molecular flexibility index (Phi) is 6.36. The highest BCUT2D eigenvalue weighted by Gasteiger charge is 2.15. The average molecular weight is 215 g/mol. The first-order valence-electron chi connectivity index (χ1n) is 5.69. The molecule has 0 bridgehead atoms. The van der Waals surface area contributed by atoms with Crippen molar-refractivity contribution in [3.8, 4) is 0 Å². The summed E-state index contributed by atoms with van der Waals surface area (Å²) < 4.78 is 9.96. The van der Waals surface area contributed by atoms with Crippen molar-refractivity contribution < 1.29 is 14.3 Å². The Hall–Kier alpha value is -0.610. The minimum Gasteiger partial charge on any atom is -0.382 e. The number of methoxy groups -OCH3 is 1. The quantitative estimate of drug-likeness (QED) is 0.675. The highest BCUT2D eigenvalue weighted by Crippen LogP contribution is 2.17. The van der Waals surface area contributed by atoms with Gasteiger partial charge < -0.3 is 14.8 Å². The molecule has 1 aliphatic rings. The second-order valence-electron chi connectivity index (χ2n) is 3.95. The van der Waals surface area contributed by atoms with E-state index in [0.29, 0.717) is 19.3 Å². The van der Waals surface area contributed by atoms with Crippen molar-refractivity contribution in [1.29, 1.82) is 0 Å². The van der Waals surface area contributed by atoms with Gasteiger partial charge in [0.1, 0.15) is 6.61 Å². The molecule has 0 aliphatic heterocycles. The molecule has 1 amide bonds. The maximum atomic E-state index is 11.4. The van der Waals surface area contributed by atoms with Gasteiger partial charge in [-0.25, -0.2) is 0 Å². The van der Waals surface area contributed by atoms with Crippen LogP contribution in [0.2, 0.25) is 0 Å². The largest absolute Gasteiger partial charge is 0.382 e. The monoisotopic (exact) mass is 215 g/mol. The first-order chi connectivity index (χ1) is 7.33. The van der Waals surface area contributed by atoms with Gasteiger partial charge >= 0.3 is 0 Å². The Morgan fingerprint density at radius 2 is 2.00 bits per heavy atom. The third-order valence-corrected chi connectivity index (χ3v) is 2.64. The minimum atomic E-state index is -0.00185. The second kappa shape index (κ2) is 7.65. The summed E-state index contributed by atoms with van der Waals surface area (Å²) in [6.07, 6.45) is 6.00. The molecule has 1 aliphatic carbocycles.